The number of halogens is 1. The molecular formula is C8H13BrN4O. The zero-order valence-electron chi connectivity index (χ0n) is 8.41. The van der Waals surface area contributed by atoms with Crippen LogP contribution in [0, 0.1) is 5.41 Å². The molecule has 0 fully saturated rings. The van der Waals surface area contributed by atoms with Crippen LogP contribution < -0.4 is 5.73 Å². The van der Waals surface area contributed by atoms with E-state index < -0.39 is 5.41 Å². The molecule has 2 N–H and O–H groups in total. The van der Waals surface area contributed by atoms with E-state index in [1.807, 2.05) is 0 Å². The number of aromatic nitrogens is 3. The molecule has 0 unspecified atom stereocenters. The van der Waals surface area contributed by atoms with Gasteiger partial charge in [0.15, 0.2) is 10.4 Å². The first-order valence-electron chi connectivity index (χ1n) is 4.20. The molecule has 0 aliphatic heterocycles. The van der Waals surface area contributed by atoms with Crippen molar-refractivity contribution in [3.63, 3.8) is 0 Å². The molecule has 0 spiro atoms. The first-order chi connectivity index (χ1) is 6.40. The molecule has 1 aromatic rings. The van der Waals surface area contributed by atoms with Crippen molar-refractivity contribution in [3.8, 4) is 0 Å². The molecular weight excluding hydrogens is 248 g/mol. The number of ketones is 1. The lowest BCUT2D eigenvalue weighted by Crippen LogP contribution is -2.34. The molecule has 78 valence electrons. The summed E-state index contributed by atoms with van der Waals surface area (Å²) in [5, 5.41) is 7.50. The number of carbonyl (C=O) groups excluding carboxylic acids is 1. The second-order valence-corrected chi connectivity index (χ2v) is 4.52. The van der Waals surface area contributed by atoms with E-state index in [0.717, 1.165) is 0 Å². The summed E-state index contributed by atoms with van der Waals surface area (Å²) in [6.45, 7) is 3.90. The van der Waals surface area contributed by atoms with Crippen molar-refractivity contribution in [2.75, 3.05) is 6.54 Å². The first kappa shape index (κ1) is 11.3. The van der Waals surface area contributed by atoms with Crippen molar-refractivity contribution < 1.29 is 4.79 Å². The van der Waals surface area contributed by atoms with Gasteiger partial charge in [-0.25, -0.2) is 4.68 Å². The van der Waals surface area contributed by atoms with Crippen LogP contribution in [0.1, 0.15) is 24.3 Å². The molecule has 0 amide bonds. The number of nitrogens with zero attached hydrogens (tertiary/aromatic N) is 3. The molecule has 0 bridgehead atoms. The largest absolute Gasteiger partial charge is 0.329 e. The number of Topliss-reactive ketones (excluding diaryl/α,β-unsaturated/α-hetero) is 1. The number of aryl methyl sites for hydroxylation is 1. The Balaban J connectivity index is 3.13. The van der Waals surface area contributed by atoms with Crippen molar-refractivity contribution >= 4 is 21.7 Å². The van der Waals surface area contributed by atoms with Crippen LogP contribution in [-0.4, -0.2) is 27.3 Å². The first-order valence-corrected chi connectivity index (χ1v) is 4.99. The number of hydrogen-bond donors (Lipinski definition) is 1. The maximum atomic E-state index is 12.0. The van der Waals surface area contributed by atoms with E-state index in [0.29, 0.717) is 16.8 Å². The van der Waals surface area contributed by atoms with Crippen LogP contribution in [0.25, 0.3) is 0 Å². The van der Waals surface area contributed by atoms with Crippen LogP contribution in [0.4, 0.5) is 0 Å². The van der Waals surface area contributed by atoms with Gasteiger partial charge >= 0.3 is 0 Å². The van der Waals surface area contributed by atoms with Gasteiger partial charge in [0, 0.05) is 19.0 Å². The highest BCUT2D eigenvalue weighted by Crippen LogP contribution is 2.23. The SMILES string of the molecule is Cn1nnc(Br)c1C(=O)C(C)(C)CN. The fourth-order valence-electron chi connectivity index (χ4n) is 0.986. The van der Waals surface area contributed by atoms with Crippen LogP contribution in [-0.2, 0) is 7.05 Å². The smallest absolute Gasteiger partial charge is 0.190 e. The molecule has 0 saturated heterocycles. The zero-order chi connectivity index (χ0) is 10.9. The number of hydrogen-bond acceptors (Lipinski definition) is 4. The Morgan fingerprint density at radius 2 is 2.21 bits per heavy atom. The summed E-state index contributed by atoms with van der Waals surface area (Å²) < 4.78 is 1.91. The summed E-state index contributed by atoms with van der Waals surface area (Å²) in [6, 6.07) is 0. The monoisotopic (exact) mass is 260 g/mol. The van der Waals surface area contributed by atoms with Gasteiger partial charge in [0.1, 0.15) is 5.69 Å². The highest BCUT2D eigenvalue weighted by molar-refractivity contribution is 9.10. The average Bonchev–Trinajstić information content (AvgIpc) is 2.45. The summed E-state index contributed by atoms with van der Waals surface area (Å²) in [7, 11) is 1.68. The van der Waals surface area contributed by atoms with Crippen LogP contribution in [0.3, 0.4) is 0 Å². The van der Waals surface area contributed by atoms with Crippen molar-refractivity contribution in [1.82, 2.24) is 15.0 Å². The van der Waals surface area contributed by atoms with E-state index in [1.165, 1.54) is 4.68 Å². The molecule has 6 heteroatoms. The van der Waals surface area contributed by atoms with Crippen molar-refractivity contribution in [3.05, 3.63) is 10.3 Å². The van der Waals surface area contributed by atoms with Gasteiger partial charge in [-0.05, 0) is 15.9 Å². The Morgan fingerprint density at radius 1 is 1.64 bits per heavy atom. The van der Waals surface area contributed by atoms with Gasteiger partial charge in [0.25, 0.3) is 0 Å². The standard InChI is InChI=1S/C8H13BrN4O/c1-8(2,4-10)6(14)5-7(9)11-12-13(5)3/h4,10H2,1-3H3. The van der Waals surface area contributed by atoms with Gasteiger partial charge in [0.05, 0.1) is 0 Å². The van der Waals surface area contributed by atoms with Crippen LogP contribution in [0.5, 0.6) is 0 Å². The summed E-state index contributed by atoms with van der Waals surface area (Å²) >= 11 is 3.18. The van der Waals surface area contributed by atoms with E-state index in [1.54, 1.807) is 20.9 Å². The minimum atomic E-state index is -0.585. The maximum Gasteiger partial charge on any atom is 0.190 e. The lowest BCUT2D eigenvalue weighted by molar-refractivity contribution is 0.0836. The van der Waals surface area contributed by atoms with E-state index in [2.05, 4.69) is 26.2 Å². The van der Waals surface area contributed by atoms with Gasteiger partial charge in [0.2, 0.25) is 0 Å². The number of carbonyl (C=O) groups is 1. The van der Waals surface area contributed by atoms with Gasteiger partial charge in [-0.1, -0.05) is 19.1 Å². The predicted octanol–water partition coefficient (Wildman–Crippen LogP) is 0.745. The van der Waals surface area contributed by atoms with Gasteiger partial charge in [-0.15, -0.1) is 5.10 Å². The second-order valence-electron chi connectivity index (χ2n) is 3.77. The van der Waals surface area contributed by atoms with Crippen molar-refractivity contribution in [1.29, 1.82) is 0 Å². The lowest BCUT2D eigenvalue weighted by Gasteiger charge is -2.20. The van der Waals surface area contributed by atoms with E-state index in [4.69, 9.17) is 5.73 Å². The van der Waals surface area contributed by atoms with Crippen molar-refractivity contribution in [2.24, 2.45) is 18.2 Å². The molecule has 5 nitrogen and oxygen atoms in total. The number of nitrogens with two attached hydrogens (primary N) is 1. The Labute approximate surface area is 90.8 Å². The van der Waals surface area contributed by atoms with E-state index >= 15 is 0 Å². The molecule has 1 rings (SSSR count). The summed E-state index contributed by atoms with van der Waals surface area (Å²) in [5.74, 6) is -0.0561. The molecule has 0 aromatic carbocycles. The van der Waals surface area contributed by atoms with Gasteiger partial charge in [-0.2, -0.15) is 0 Å². The van der Waals surface area contributed by atoms with Gasteiger partial charge < -0.3 is 5.73 Å². The van der Waals surface area contributed by atoms with E-state index in [-0.39, 0.29) is 5.78 Å². The highest BCUT2D eigenvalue weighted by atomic mass is 79.9. The zero-order valence-corrected chi connectivity index (χ0v) is 10.00. The molecule has 0 atom stereocenters. The van der Waals surface area contributed by atoms with Crippen LogP contribution in [0.2, 0.25) is 0 Å². The number of rotatable bonds is 3. The van der Waals surface area contributed by atoms with Crippen molar-refractivity contribution in [2.45, 2.75) is 13.8 Å². The average molecular weight is 261 g/mol. The predicted molar refractivity (Wildman–Crippen MR) is 55.9 cm³/mol. The Hall–Kier alpha value is -0.750. The third-order valence-electron chi connectivity index (χ3n) is 2.13. The van der Waals surface area contributed by atoms with Crippen LogP contribution >= 0.6 is 15.9 Å². The highest BCUT2D eigenvalue weighted by Gasteiger charge is 2.31. The fraction of sp³-hybridized carbons (Fsp3) is 0.625. The molecule has 1 aromatic heterocycles. The third kappa shape index (κ3) is 1.85. The molecule has 0 saturated carbocycles. The molecule has 0 aliphatic rings. The summed E-state index contributed by atoms with van der Waals surface area (Å²) in [6.07, 6.45) is 0. The Kier molecular flexibility index (Phi) is 3.06. The van der Waals surface area contributed by atoms with Gasteiger partial charge in [-0.3, -0.25) is 4.79 Å². The normalized spacial score (nSPS) is 11.8. The second kappa shape index (κ2) is 3.78. The Bertz CT molecular complexity index is 339. The topological polar surface area (TPSA) is 73.8 Å². The molecule has 0 radical (unpaired) electrons. The minimum Gasteiger partial charge on any atom is -0.329 e. The maximum absolute atomic E-state index is 12.0. The third-order valence-corrected chi connectivity index (χ3v) is 2.66. The minimum absolute atomic E-state index is 0.0561. The van der Waals surface area contributed by atoms with E-state index in [9.17, 15) is 4.79 Å². The lowest BCUT2D eigenvalue weighted by atomic mass is 9.87. The fourth-order valence-corrected chi connectivity index (χ4v) is 1.49. The quantitative estimate of drug-likeness (QED) is 0.814. The molecule has 14 heavy (non-hydrogen) atoms. The summed E-state index contributed by atoms with van der Waals surface area (Å²) in [4.78, 5) is 12.0. The molecule has 1 heterocycles. The Morgan fingerprint density at radius 3 is 2.57 bits per heavy atom. The molecule has 0 aliphatic carbocycles. The van der Waals surface area contributed by atoms with Crippen LogP contribution in [0.15, 0.2) is 4.60 Å². The summed E-state index contributed by atoms with van der Waals surface area (Å²) in [5.41, 5.74) is 5.40.